The predicted molar refractivity (Wildman–Crippen MR) is 120 cm³/mol. The highest BCUT2D eigenvalue weighted by Gasteiger charge is 2.54. The molecule has 1 aliphatic heterocycles. The molecule has 3 aromatic rings. The average Bonchev–Trinajstić information content (AvgIpc) is 2.84. The molecule has 12 nitrogen and oxygen atoms in total. The van der Waals surface area contributed by atoms with E-state index in [1.165, 1.54) is 31.4 Å². The fourth-order valence-electron chi connectivity index (χ4n) is 3.26. The molecule has 1 aliphatic rings. The van der Waals surface area contributed by atoms with Crippen LogP contribution in [0.15, 0.2) is 54.7 Å². The number of nitro groups is 1. The third-order valence-electron chi connectivity index (χ3n) is 4.87. The molecule has 0 saturated carbocycles. The molecule has 38 heavy (non-hydrogen) atoms. The van der Waals surface area contributed by atoms with Gasteiger partial charge in [-0.2, -0.15) is 8.78 Å². The van der Waals surface area contributed by atoms with E-state index in [9.17, 15) is 37.3 Å². The molecule has 16 heteroatoms. The molecule has 0 atom stereocenters. The van der Waals surface area contributed by atoms with E-state index in [0.29, 0.717) is 6.07 Å². The molecular formula is C22H15F4N5O7. The SMILES string of the molecule is CNC(=O)c1cc(Oc2ccc(NC(=O)Nc3ccc4c(c3)C(F)(F)OC(F)(F)O4)c([N+](=O)[O-])c2)ccn1. The Kier molecular flexibility index (Phi) is 6.74. The molecule has 2 heterocycles. The number of benzene rings is 2. The zero-order valence-corrected chi connectivity index (χ0v) is 19.0. The number of urea groups is 1. The van der Waals surface area contributed by atoms with Gasteiger partial charge in [-0.1, -0.05) is 0 Å². The van der Waals surface area contributed by atoms with Crippen molar-refractivity contribution < 1.29 is 46.3 Å². The number of nitrogens with one attached hydrogen (secondary N) is 3. The summed E-state index contributed by atoms with van der Waals surface area (Å²) in [6.07, 6.45) is -7.67. The van der Waals surface area contributed by atoms with Gasteiger partial charge in [-0.05, 0) is 36.4 Å². The molecule has 0 aliphatic carbocycles. The highest BCUT2D eigenvalue weighted by molar-refractivity contribution is 6.01. The van der Waals surface area contributed by atoms with Crippen molar-refractivity contribution in [2.45, 2.75) is 12.4 Å². The monoisotopic (exact) mass is 537 g/mol. The van der Waals surface area contributed by atoms with Gasteiger partial charge in [0, 0.05) is 25.0 Å². The maximum atomic E-state index is 14.0. The molecule has 198 valence electrons. The number of nitro benzene ring substituents is 1. The molecule has 3 amide bonds. The van der Waals surface area contributed by atoms with Gasteiger partial charge in [0.15, 0.2) is 0 Å². The number of hydrogen-bond acceptors (Lipinski definition) is 8. The number of amides is 3. The number of ether oxygens (including phenoxy) is 3. The van der Waals surface area contributed by atoms with Crippen LogP contribution in [0.25, 0.3) is 0 Å². The van der Waals surface area contributed by atoms with E-state index in [2.05, 4.69) is 30.4 Å². The van der Waals surface area contributed by atoms with Gasteiger partial charge in [0.1, 0.15) is 28.6 Å². The number of carbonyl (C=O) groups is 2. The van der Waals surface area contributed by atoms with Crippen LogP contribution in [0.3, 0.4) is 0 Å². The number of halogens is 4. The third-order valence-corrected chi connectivity index (χ3v) is 4.87. The van der Waals surface area contributed by atoms with Crippen LogP contribution in [0.1, 0.15) is 16.1 Å². The van der Waals surface area contributed by atoms with E-state index < -0.39 is 46.3 Å². The lowest BCUT2D eigenvalue weighted by Gasteiger charge is -2.30. The Morgan fingerprint density at radius 1 is 1.03 bits per heavy atom. The summed E-state index contributed by atoms with van der Waals surface area (Å²) >= 11 is 0. The zero-order valence-electron chi connectivity index (χ0n) is 19.0. The molecule has 0 fully saturated rings. The molecular weight excluding hydrogens is 522 g/mol. The van der Waals surface area contributed by atoms with E-state index in [1.54, 1.807) is 0 Å². The second kappa shape index (κ2) is 9.81. The van der Waals surface area contributed by atoms with Crippen molar-refractivity contribution >= 4 is 29.0 Å². The van der Waals surface area contributed by atoms with Gasteiger partial charge in [0.05, 0.1) is 16.6 Å². The van der Waals surface area contributed by atoms with Crippen molar-refractivity contribution in [1.29, 1.82) is 0 Å². The standard InChI is InChI=1S/C22H15F4N5O7/c1-27-19(32)16-9-13(6-7-28-16)36-12-3-4-15(17(10-12)31(34)35)30-20(33)29-11-2-5-18-14(8-11)21(23,24)38-22(25,26)37-18/h2-10H,1H3,(H,27,32)(H2,29,30,33). The van der Waals surface area contributed by atoms with Gasteiger partial charge >= 0.3 is 18.4 Å². The topological polar surface area (TPSA) is 154 Å². The maximum absolute atomic E-state index is 14.0. The minimum Gasteiger partial charge on any atom is -0.457 e. The maximum Gasteiger partial charge on any atom is 0.540 e. The minimum absolute atomic E-state index is 0.00886. The summed E-state index contributed by atoms with van der Waals surface area (Å²) < 4.78 is 67.2. The van der Waals surface area contributed by atoms with Crippen LogP contribution in [0.4, 0.5) is 39.4 Å². The fourth-order valence-corrected chi connectivity index (χ4v) is 3.26. The number of fused-ring (bicyclic) bond motifs is 1. The largest absolute Gasteiger partial charge is 0.540 e. The molecule has 1 aromatic heterocycles. The molecule has 2 aromatic carbocycles. The summed E-state index contributed by atoms with van der Waals surface area (Å²) in [7, 11) is 1.41. The lowest BCUT2D eigenvalue weighted by molar-refractivity contribution is -0.461. The Bertz CT molecular complexity index is 1440. The van der Waals surface area contributed by atoms with Crippen molar-refractivity contribution in [1.82, 2.24) is 10.3 Å². The van der Waals surface area contributed by atoms with Crippen LogP contribution in [-0.2, 0) is 10.8 Å². The minimum atomic E-state index is -4.55. The van der Waals surface area contributed by atoms with E-state index >= 15 is 0 Å². The van der Waals surface area contributed by atoms with Gasteiger partial charge in [0.25, 0.3) is 11.6 Å². The van der Waals surface area contributed by atoms with Crippen molar-refractivity contribution in [3.63, 3.8) is 0 Å². The number of carbonyl (C=O) groups excluding carboxylic acids is 2. The Balaban J connectivity index is 1.50. The lowest BCUT2D eigenvalue weighted by atomic mass is 10.1. The van der Waals surface area contributed by atoms with Crippen LogP contribution in [0, 0.1) is 10.1 Å². The number of rotatable bonds is 6. The summed E-state index contributed by atoms with van der Waals surface area (Å²) in [5, 5.41) is 18.3. The Morgan fingerprint density at radius 2 is 1.76 bits per heavy atom. The summed E-state index contributed by atoms with van der Waals surface area (Å²) in [5.74, 6) is -1.19. The average molecular weight is 537 g/mol. The molecule has 4 rings (SSSR count). The molecule has 0 unspecified atom stereocenters. The van der Waals surface area contributed by atoms with Crippen molar-refractivity contribution in [3.8, 4) is 17.2 Å². The van der Waals surface area contributed by atoms with Crippen molar-refractivity contribution in [2.75, 3.05) is 17.7 Å². The molecule has 0 saturated heterocycles. The highest BCUT2D eigenvalue weighted by atomic mass is 19.3. The number of aromatic nitrogens is 1. The first-order valence-electron chi connectivity index (χ1n) is 10.4. The second-order valence-corrected chi connectivity index (χ2v) is 7.47. The molecule has 3 N–H and O–H groups in total. The number of nitrogens with zero attached hydrogens (tertiary/aromatic N) is 2. The van der Waals surface area contributed by atoms with Gasteiger partial charge in [-0.25, -0.2) is 9.53 Å². The van der Waals surface area contributed by atoms with E-state index in [4.69, 9.17) is 4.74 Å². The zero-order chi connectivity index (χ0) is 27.7. The van der Waals surface area contributed by atoms with Gasteiger partial charge in [-0.15, -0.1) is 8.78 Å². The third kappa shape index (κ3) is 5.70. The van der Waals surface area contributed by atoms with Gasteiger partial charge in [-0.3, -0.25) is 19.9 Å². The first kappa shape index (κ1) is 26.1. The highest BCUT2D eigenvalue weighted by Crippen LogP contribution is 2.47. The van der Waals surface area contributed by atoms with E-state index in [1.807, 2.05) is 0 Å². The van der Waals surface area contributed by atoms with Crippen molar-refractivity contribution in [2.24, 2.45) is 0 Å². The first-order valence-corrected chi connectivity index (χ1v) is 10.4. The second-order valence-electron chi connectivity index (χ2n) is 7.47. The van der Waals surface area contributed by atoms with Gasteiger partial charge < -0.3 is 25.4 Å². The number of pyridine rings is 1. The van der Waals surface area contributed by atoms with Crippen LogP contribution in [0.5, 0.6) is 17.2 Å². The Morgan fingerprint density at radius 3 is 2.47 bits per heavy atom. The van der Waals surface area contributed by atoms with E-state index in [-0.39, 0.29) is 28.6 Å². The summed E-state index contributed by atoms with van der Waals surface area (Å²) in [6.45, 7) is 0. The summed E-state index contributed by atoms with van der Waals surface area (Å²) in [5.41, 5.74) is -2.16. The van der Waals surface area contributed by atoms with Crippen LogP contribution < -0.4 is 25.4 Å². The number of alkyl halides is 4. The quantitative estimate of drug-likeness (QED) is 0.230. The fraction of sp³-hybridized carbons (Fsp3) is 0.136. The molecule has 0 spiro atoms. The van der Waals surface area contributed by atoms with Gasteiger partial charge in [0.2, 0.25) is 0 Å². The van der Waals surface area contributed by atoms with Crippen molar-refractivity contribution in [3.05, 3.63) is 76.1 Å². The predicted octanol–water partition coefficient (Wildman–Crippen LogP) is 4.79. The smallest absolute Gasteiger partial charge is 0.457 e. The number of anilines is 2. The van der Waals surface area contributed by atoms with E-state index in [0.717, 1.165) is 24.3 Å². The first-order chi connectivity index (χ1) is 17.9. The van der Waals surface area contributed by atoms with Crippen LogP contribution in [-0.4, -0.2) is 35.2 Å². The summed E-state index contributed by atoms with van der Waals surface area (Å²) in [6, 6.07) is 7.52. The van der Waals surface area contributed by atoms with Crippen LogP contribution in [0.2, 0.25) is 0 Å². The van der Waals surface area contributed by atoms with Crippen LogP contribution >= 0.6 is 0 Å². The number of hydrogen-bond donors (Lipinski definition) is 3. The Labute approximate surface area is 209 Å². The summed E-state index contributed by atoms with van der Waals surface area (Å²) in [4.78, 5) is 38.8. The molecule has 0 bridgehead atoms. The lowest BCUT2D eigenvalue weighted by Crippen LogP contribution is -2.41. The Hall–Kier alpha value is -4.99. The molecule has 0 radical (unpaired) electrons. The normalized spacial score (nSPS) is 14.9.